The number of hydrogen-bond donors (Lipinski definition) is 1. The third kappa shape index (κ3) is 31.8. The smallest absolute Gasteiger partial charge is 0.390 e. The van der Waals surface area contributed by atoms with Gasteiger partial charge in [0.25, 0.3) is 0 Å². The molecule has 1 rings (SSSR count). The van der Waals surface area contributed by atoms with E-state index in [1.54, 1.807) is 13.8 Å². The van der Waals surface area contributed by atoms with E-state index in [1.807, 2.05) is 13.8 Å². The molecule has 224 valence electrons. The summed E-state index contributed by atoms with van der Waals surface area (Å²) in [5, 5.41) is 9.19. The molecule has 0 saturated heterocycles. The van der Waals surface area contributed by atoms with Crippen LogP contribution in [0.4, 0.5) is 13.2 Å². The molecule has 1 aliphatic carbocycles. The summed E-state index contributed by atoms with van der Waals surface area (Å²) >= 11 is 0. The van der Waals surface area contributed by atoms with Crippen molar-refractivity contribution in [2.24, 2.45) is 39.9 Å². The van der Waals surface area contributed by atoms with E-state index in [1.165, 1.54) is 39.5 Å². The Kier molecular flexibility index (Phi) is 20.7. The van der Waals surface area contributed by atoms with Gasteiger partial charge in [-0.15, -0.1) is 0 Å². The van der Waals surface area contributed by atoms with Crippen molar-refractivity contribution in [1.29, 1.82) is 0 Å². The summed E-state index contributed by atoms with van der Waals surface area (Å²) in [5.41, 5.74) is -0.725. The monoisotopic (exact) mass is 527 g/mol. The van der Waals surface area contributed by atoms with Crippen molar-refractivity contribution in [2.75, 3.05) is 0 Å². The first-order chi connectivity index (χ1) is 15.1. The molecular weight excluding hydrogens is 457 g/mol. The van der Waals surface area contributed by atoms with E-state index in [0.717, 1.165) is 23.7 Å². The average molecular weight is 527 g/mol. The molecule has 0 amide bonds. The first-order valence-electron chi connectivity index (χ1n) is 13.9. The van der Waals surface area contributed by atoms with Gasteiger partial charge in [-0.1, -0.05) is 104 Å². The lowest BCUT2D eigenvalue weighted by molar-refractivity contribution is -0.216. The van der Waals surface area contributed by atoms with Crippen molar-refractivity contribution in [2.45, 2.75) is 169 Å². The van der Waals surface area contributed by atoms with E-state index in [-0.39, 0.29) is 19.8 Å². The molecule has 1 fully saturated rings. The van der Waals surface area contributed by atoms with Crippen LogP contribution in [0, 0.1) is 39.9 Å². The van der Waals surface area contributed by atoms with Gasteiger partial charge < -0.3 is 5.11 Å². The molecule has 0 heterocycles. The number of hydrogen-bond acceptors (Lipinski definition) is 1. The van der Waals surface area contributed by atoms with Crippen LogP contribution in [0.15, 0.2) is 0 Å². The zero-order chi connectivity index (χ0) is 29.1. The molecule has 1 saturated carbocycles. The van der Waals surface area contributed by atoms with E-state index in [4.69, 9.17) is 0 Å². The molecule has 1 nitrogen and oxygen atoms in total. The van der Waals surface area contributed by atoms with E-state index >= 15 is 0 Å². The van der Waals surface area contributed by atoms with Gasteiger partial charge in [0.05, 0.1) is 11.0 Å². The highest BCUT2D eigenvalue weighted by atomic mass is 19.4. The largest absolute Gasteiger partial charge is 0.393 e. The predicted octanol–water partition coefficient (Wildman–Crippen LogP) is 12.0. The van der Waals surface area contributed by atoms with Crippen LogP contribution in [0.5, 0.6) is 0 Å². The van der Waals surface area contributed by atoms with Gasteiger partial charge >= 0.3 is 6.18 Å². The Hall–Kier alpha value is -0.250. The summed E-state index contributed by atoms with van der Waals surface area (Å²) < 4.78 is 36.6. The predicted molar refractivity (Wildman–Crippen MR) is 157 cm³/mol. The fourth-order valence-corrected chi connectivity index (χ4v) is 4.76. The summed E-state index contributed by atoms with van der Waals surface area (Å²) in [6.07, 6.45) is 2.72. The minimum atomic E-state index is -4.07. The Balaban J connectivity index is -0.000000190. The molecule has 0 aromatic carbocycles. The summed E-state index contributed by atoms with van der Waals surface area (Å²) in [4.78, 5) is 0. The van der Waals surface area contributed by atoms with Gasteiger partial charge in [-0.3, -0.25) is 0 Å². The molecule has 36 heavy (non-hydrogen) atoms. The maximum atomic E-state index is 12.2. The molecule has 0 aromatic rings. The molecule has 0 unspecified atom stereocenters. The second-order valence-corrected chi connectivity index (χ2v) is 15.5. The SMILES string of the molecule is C.CC(C)CC(C)(C)C.CC(C)CC(C)(C)C(F)(F)F.CC(C)CC(C)(C)O.CC(C)CC1(C)CC1. The van der Waals surface area contributed by atoms with Crippen molar-refractivity contribution in [3.63, 3.8) is 0 Å². The maximum absolute atomic E-state index is 12.2. The standard InChI is InChI=1S/C8H15F3.C8H16.C8H18.C7H16O.CH4/c1-6(2)5-7(3,4)8(9,10)11;1-7(2)6-8(3)4-5-8;1-7(2)6-8(3,4)5;1-6(2)5-7(3,4)8;/h6H,5H2,1-4H3;7H,4-6H2,1-3H3;7H,6H2,1-5H3;6,8H,5H2,1-4H3;1H4. The zero-order valence-electron chi connectivity index (χ0n) is 26.6. The summed E-state index contributed by atoms with van der Waals surface area (Å²) in [5.74, 6) is 2.43. The Morgan fingerprint density at radius 2 is 0.972 bits per heavy atom. The highest BCUT2D eigenvalue weighted by molar-refractivity contribution is 4.88. The van der Waals surface area contributed by atoms with Gasteiger partial charge in [0.2, 0.25) is 0 Å². The first kappa shape index (κ1) is 42.8. The molecule has 0 spiro atoms. The second-order valence-electron chi connectivity index (χ2n) is 15.5. The third-order valence-corrected chi connectivity index (χ3v) is 5.62. The summed E-state index contributed by atoms with van der Waals surface area (Å²) in [6, 6.07) is 0. The second kappa shape index (κ2) is 17.4. The molecule has 0 atom stereocenters. The van der Waals surface area contributed by atoms with Crippen molar-refractivity contribution in [3.8, 4) is 0 Å². The van der Waals surface area contributed by atoms with Crippen LogP contribution in [-0.2, 0) is 0 Å². The first-order valence-corrected chi connectivity index (χ1v) is 13.9. The minimum absolute atomic E-state index is 0. The number of aliphatic hydroxyl groups is 1. The van der Waals surface area contributed by atoms with Crippen LogP contribution in [0.2, 0.25) is 0 Å². The fourth-order valence-electron chi connectivity index (χ4n) is 4.76. The van der Waals surface area contributed by atoms with Gasteiger partial charge in [0, 0.05) is 0 Å². The van der Waals surface area contributed by atoms with Crippen LogP contribution in [0.1, 0.15) is 157 Å². The number of alkyl halides is 3. The Bertz CT molecular complexity index is 476. The van der Waals surface area contributed by atoms with E-state index in [2.05, 4.69) is 69.2 Å². The van der Waals surface area contributed by atoms with E-state index < -0.39 is 17.2 Å². The molecule has 0 bridgehead atoms. The van der Waals surface area contributed by atoms with Crippen LogP contribution >= 0.6 is 0 Å². The zero-order valence-corrected chi connectivity index (χ0v) is 26.6. The third-order valence-electron chi connectivity index (χ3n) is 5.62. The fraction of sp³-hybridized carbons (Fsp3) is 1.00. The van der Waals surface area contributed by atoms with Gasteiger partial charge in [-0.05, 0) is 86.9 Å². The molecule has 0 radical (unpaired) electrons. The molecule has 1 N–H and O–H groups in total. The Labute approximate surface area is 226 Å². The van der Waals surface area contributed by atoms with Crippen LogP contribution in [0.25, 0.3) is 0 Å². The maximum Gasteiger partial charge on any atom is 0.393 e. The van der Waals surface area contributed by atoms with Crippen molar-refractivity contribution in [1.82, 2.24) is 0 Å². The lowest BCUT2D eigenvalue weighted by Crippen LogP contribution is -2.33. The molecule has 0 aliphatic heterocycles. The average Bonchev–Trinajstić information content (AvgIpc) is 3.17. The minimum Gasteiger partial charge on any atom is -0.390 e. The topological polar surface area (TPSA) is 20.2 Å². The van der Waals surface area contributed by atoms with Crippen LogP contribution in [-0.4, -0.2) is 16.9 Å². The summed E-state index contributed by atoms with van der Waals surface area (Å²) in [7, 11) is 0. The Morgan fingerprint density at radius 3 is 1.03 bits per heavy atom. The van der Waals surface area contributed by atoms with Gasteiger partial charge in [-0.25, -0.2) is 0 Å². The quantitative estimate of drug-likeness (QED) is 0.350. The van der Waals surface area contributed by atoms with Crippen LogP contribution < -0.4 is 0 Å². The van der Waals surface area contributed by atoms with Gasteiger partial charge in [0.1, 0.15) is 0 Å². The highest BCUT2D eigenvalue weighted by Gasteiger charge is 2.47. The molecule has 0 aromatic heterocycles. The lowest BCUT2D eigenvalue weighted by Gasteiger charge is -2.29. The number of rotatable bonds is 7. The highest BCUT2D eigenvalue weighted by Crippen LogP contribution is 2.49. The van der Waals surface area contributed by atoms with Crippen molar-refractivity contribution in [3.05, 3.63) is 0 Å². The molecule has 1 aliphatic rings. The van der Waals surface area contributed by atoms with E-state index in [9.17, 15) is 18.3 Å². The van der Waals surface area contributed by atoms with E-state index in [0.29, 0.717) is 11.3 Å². The number of halogens is 3. The Morgan fingerprint density at radius 1 is 0.639 bits per heavy atom. The van der Waals surface area contributed by atoms with Crippen molar-refractivity contribution >= 4 is 0 Å². The molecular formula is C32H69F3O. The molecule has 4 heteroatoms. The summed E-state index contributed by atoms with van der Waals surface area (Å²) in [6.45, 7) is 32.4. The normalized spacial score (nSPS) is 15.3. The van der Waals surface area contributed by atoms with Gasteiger partial charge in [0.15, 0.2) is 0 Å². The van der Waals surface area contributed by atoms with Crippen molar-refractivity contribution < 1.29 is 18.3 Å². The van der Waals surface area contributed by atoms with Gasteiger partial charge in [-0.2, -0.15) is 13.2 Å². The lowest BCUT2D eigenvalue weighted by atomic mass is 9.83. The van der Waals surface area contributed by atoms with Crippen LogP contribution in [0.3, 0.4) is 0 Å².